The molecule has 1 aromatic heterocycles. The second kappa shape index (κ2) is 6.82. The highest BCUT2D eigenvalue weighted by Crippen LogP contribution is 2.25. The van der Waals surface area contributed by atoms with Crippen LogP contribution in [0.25, 0.3) is 11.3 Å². The third-order valence-electron chi connectivity index (χ3n) is 3.17. The second-order valence-electron chi connectivity index (χ2n) is 4.71. The minimum absolute atomic E-state index is 0.685. The summed E-state index contributed by atoms with van der Waals surface area (Å²) in [6.45, 7) is 0. The van der Waals surface area contributed by atoms with Gasteiger partial charge in [0.15, 0.2) is 5.16 Å². The maximum atomic E-state index is 8.79. The van der Waals surface area contributed by atoms with Crippen LogP contribution in [0.4, 0.5) is 0 Å². The van der Waals surface area contributed by atoms with E-state index in [4.69, 9.17) is 5.26 Å². The van der Waals surface area contributed by atoms with Crippen molar-refractivity contribution in [2.24, 2.45) is 0 Å². The van der Waals surface area contributed by atoms with Crippen LogP contribution in [0.2, 0.25) is 0 Å². The van der Waals surface area contributed by atoms with E-state index in [1.807, 2.05) is 54.7 Å². The van der Waals surface area contributed by atoms with Crippen LogP contribution in [0.5, 0.6) is 0 Å². The quantitative estimate of drug-likeness (QED) is 0.658. The molecule has 2 aromatic carbocycles. The summed E-state index contributed by atoms with van der Waals surface area (Å²) in [5.74, 6) is 0.818. The van der Waals surface area contributed by atoms with Gasteiger partial charge < -0.3 is 4.98 Å². The zero-order valence-corrected chi connectivity index (χ0v) is 14.0. The van der Waals surface area contributed by atoms with Crippen LogP contribution in [0, 0.1) is 11.3 Å². The van der Waals surface area contributed by atoms with Gasteiger partial charge in [-0.05, 0) is 35.4 Å². The number of nitrogens with zero attached hydrogens (tertiary/aromatic N) is 2. The molecule has 0 amide bonds. The predicted molar refractivity (Wildman–Crippen MR) is 92.4 cm³/mol. The number of hydrogen-bond donors (Lipinski definition) is 1. The predicted octanol–water partition coefficient (Wildman–Crippen LogP) is 5.00. The molecule has 0 saturated carbocycles. The SMILES string of the molecule is N#Cc1ccc(CSc2ncc(-c3ccc(Br)cc3)[nH]2)cc1. The molecule has 3 aromatic rings. The van der Waals surface area contributed by atoms with Crippen molar-refractivity contribution in [1.29, 1.82) is 5.26 Å². The summed E-state index contributed by atoms with van der Waals surface area (Å²) in [5.41, 5.74) is 3.98. The summed E-state index contributed by atoms with van der Waals surface area (Å²) in [5, 5.41) is 9.68. The van der Waals surface area contributed by atoms with Crippen molar-refractivity contribution >= 4 is 27.7 Å². The standard InChI is InChI=1S/C17H12BrN3S/c18-15-7-5-14(6-8-15)16-10-20-17(21-16)22-11-13-3-1-12(9-19)2-4-13/h1-8,10H,11H2,(H,20,21). The van der Waals surface area contributed by atoms with Crippen LogP contribution in [0.1, 0.15) is 11.1 Å². The Labute approximate surface area is 141 Å². The lowest BCUT2D eigenvalue weighted by molar-refractivity contribution is 1.06. The van der Waals surface area contributed by atoms with Gasteiger partial charge in [0.1, 0.15) is 0 Å². The van der Waals surface area contributed by atoms with Crippen LogP contribution >= 0.6 is 27.7 Å². The van der Waals surface area contributed by atoms with E-state index in [1.54, 1.807) is 11.8 Å². The molecule has 108 valence electrons. The van der Waals surface area contributed by atoms with E-state index in [2.05, 4.69) is 32.0 Å². The largest absolute Gasteiger partial charge is 0.333 e. The summed E-state index contributed by atoms with van der Waals surface area (Å²) in [6.07, 6.45) is 1.85. The molecule has 3 nitrogen and oxygen atoms in total. The fourth-order valence-electron chi connectivity index (χ4n) is 1.98. The molecule has 0 unspecified atom stereocenters. The lowest BCUT2D eigenvalue weighted by Gasteiger charge is -2.00. The summed E-state index contributed by atoms with van der Waals surface area (Å²) < 4.78 is 1.06. The Morgan fingerprint density at radius 1 is 1.09 bits per heavy atom. The normalized spacial score (nSPS) is 10.4. The molecule has 1 heterocycles. The van der Waals surface area contributed by atoms with Crippen LogP contribution in [-0.2, 0) is 5.75 Å². The van der Waals surface area contributed by atoms with E-state index < -0.39 is 0 Å². The van der Waals surface area contributed by atoms with E-state index in [0.717, 1.165) is 26.6 Å². The maximum absolute atomic E-state index is 8.79. The number of benzene rings is 2. The van der Waals surface area contributed by atoms with Gasteiger partial charge in [0.05, 0.1) is 23.5 Å². The average Bonchev–Trinajstić information content (AvgIpc) is 3.03. The van der Waals surface area contributed by atoms with Gasteiger partial charge >= 0.3 is 0 Å². The number of rotatable bonds is 4. The smallest absolute Gasteiger partial charge is 0.166 e. The lowest BCUT2D eigenvalue weighted by atomic mass is 10.2. The van der Waals surface area contributed by atoms with Crippen LogP contribution in [0.15, 0.2) is 64.4 Å². The summed E-state index contributed by atoms with van der Waals surface area (Å²) in [6, 6.07) is 17.9. The first-order valence-corrected chi connectivity index (χ1v) is 8.45. The summed E-state index contributed by atoms with van der Waals surface area (Å²) >= 11 is 5.08. The minimum Gasteiger partial charge on any atom is -0.333 e. The van der Waals surface area contributed by atoms with E-state index in [1.165, 1.54) is 5.56 Å². The molecule has 22 heavy (non-hydrogen) atoms. The van der Waals surface area contributed by atoms with Crippen molar-refractivity contribution in [1.82, 2.24) is 9.97 Å². The number of aromatic nitrogens is 2. The zero-order chi connectivity index (χ0) is 15.4. The van der Waals surface area contributed by atoms with E-state index in [0.29, 0.717) is 5.56 Å². The third kappa shape index (κ3) is 3.59. The van der Waals surface area contributed by atoms with Gasteiger partial charge in [-0.15, -0.1) is 0 Å². The first-order valence-electron chi connectivity index (χ1n) is 6.67. The van der Waals surface area contributed by atoms with Crippen molar-refractivity contribution in [2.45, 2.75) is 10.9 Å². The molecule has 0 saturated heterocycles. The molecule has 5 heteroatoms. The minimum atomic E-state index is 0.685. The molecule has 0 bridgehead atoms. The average molecular weight is 370 g/mol. The molecule has 0 fully saturated rings. The molecule has 0 atom stereocenters. The van der Waals surface area contributed by atoms with Crippen LogP contribution in [0.3, 0.4) is 0 Å². The van der Waals surface area contributed by atoms with Gasteiger partial charge in [0.25, 0.3) is 0 Å². The van der Waals surface area contributed by atoms with E-state index in [9.17, 15) is 0 Å². The number of hydrogen-bond acceptors (Lipinski definition) is 3. The molecular formula is C17H12BrN3S. The number of aromatic amines is 1. The fourth-order valence-corrected chi connectivity index (χ4v) is 3.05. The van der Waals surface area contributed by atoms with Gasteiger partial charge in [0, 0.05) is 10.2 Å². The molecule has 0 aliphatic carbocycles. The van der Waals surface area contributed by atoms with Gasteiger partial charge in [-0.1, -0.05) is 52.0 Å². The number of nitrogens with one attached hydrogen (secondary N) is 1. The first kappa shape index (κ1) is 14.9. The molecule has 0 aliphatic rings. The Kier molecular flexibility index (Phi) is 4.62. The van der Waals surface area contributed by atoms with Crippen molar-refractivity contribution in [3.8, 4) is 17.3 Å². The van der Waals surface area contributed by atoms with Crippen molar-refractivity contribution in [3.63, 3.8) is 0 Å². The third-order valence-corrected chi connectivity index (χ3v) is 4.65. The molecule has 0 radical (unpaired) electrons. The maximum Gasteiger partial charge on any atom is 0.166 e. The molecule has 0 aliphatic heterocycles. The van der Waals surface area contributed by atoms with Gasteiger partial charge in [-0.25, -0.2) is 4.98 Å². The van der Waals surface area contributed by atoms with E-state index in [-0.39, 0.29) is 0 Å². The molecule has 1 N–H and O–H groups in total. The Morgan fingerprint density at radius 2 is 1.82 bits per heavy atom. The topological polar surface area (TPSA) is 52.5 Å². The van der Waals surface area contributed by atoms with Gasteiger partial charge in [-0.2, -0.15) is 5.26 Å². The Hall–Kier alpha value is -2.03. The number of nitriles is 1. The van der Waals surface area contributed by atoms with Crippen molar-refractivity contribution in [3.05, 3.63) is 70.3 Å². The monoisotopic (exact) mass is 369 g/mol. The molecule has 3 rings (SSSR count). The van der Waals surface area contributed by atoms with Crippen molar-refractivity contribution < 1.29 is 0 Å². The van der Waals surface area contributed by atoms with Crippen molar-refractivity contribution in [2.75, 3.05) is 0 Å². The Bertz CT molecular complexity index is 801. The lowest BCUT2D eigenvalue weighted by Crippen LogP contribution is -1.83. The number of H-pyrrole nitrogens is 1. The van der Waals surface area contributed by atoms with E-state index >= 15 is 0 Å². The second-order valence-corrected chi connectivity index (χ2v) is 6.59. The Balaban J connectivity index is 1.66. The first-order chi connectivity index (χ1) is 10.7. The van der Waals surface area contributed by atoms with Crippen LogP contribution in [-0.4, -0.2) is 9.97 Å². The number of imidazole rings is 1. The molecular weight excluding hydrogens is 358 g/mol. The molecule has 0 spiro atoms. The fraction of sp³-hybridized carbons (Fsp3) is 0.0588. The van der Waals surface area contributed by atoms with Crippen LogP contribution < -0.4 is 0 Å². The van der Waals surface area contributed by atoms with Gasteiger partial charge in [0.2, 0.25) is 0 Å². The summed E-state index contributed by atoms with van der Waals surface area (Å²) in [7, 11) is 0. The van der Waals surface area contributed by atoms with Gasteiger partial charge in [-0.3, -0.25) is 0 Å². The number of thioether (sulfide) groups is 1. The Morgan fingerprint density at radius 3 is 2.50 bits per heavy atom. The zero-order valence-electron chi connectivity index (χ0n) is 11.6. The summed E-state index contributed by atoms with van der Waals surface area (Å²) in [4.78, 5) is 7.73. The number of halogens is 1. The highest BCUT2D eigenvalue weighted by molar-refractivity contribution is 9.10. The highest BCUT2D eigenvalue weighted by atomic mass is 79.9. The highest BCUT2D eigenvalue weighted by Gasteiger charge is 2.04.